The fourth-order valence-electron chi connectivity index (χ4n) is 4.11. The first-order valence-corrected chi connectivity index (χ1v) is 8.71. The molecule has 1 aliphatic rings. The first kappa shape index (κ1) is 16.8. The lowest BCUT2D eigenvalue weighted by atomic mass is 9.80. The quantitative estimate of drug-likeness (QED) is 0.763. The van der Waals surface area contributed by atoms with Gasteiger partial charge in [0.05, 0.1) is 7.11 Å². The van der Waals surface area contributed by atoms with Gasteiger partial charge in [0.1, 0.15) is 5.75 Å². The van der Waals surface area contributed by atoms with Crippen LogP contribution >= 0.6 is 0 Å². The molecule has 0 spiro atoms. The minimum atomic E-state index is 0.0360. The Hall–Kier alpha value is -2.09. The molecule has 0 bridgehead atoms. The van der Waals surface area contributed by atoms with Gasteiger partial charge in [-0.3, -0.25) is 4.79 Å². The number of ether oxygens (including phenoxy) is 1. The molecule has 0 heterocycles. The van der Waals surface area contributed by atoms with Gasteiger partial charge in [-0.15, -0.1) is 0 Å². The Kier molecular flexibility index (Phi) is 4.49. The number of carbonyl (C=O) groups is 1. The van der Waals surface area contributed by atoms with Gasteiger partial charge in [-0.2, -0.15) is 0 Å². The van der Waals surface area contributed by atoms with Gasteiger partial charge in [-0.25, -0.2) is 0 Å². The summed E-state index contributed by atoms with van der Waals surface area (Å²) in [6, 6.07) is 12.5. The highest BCUT2D eigenvalue weighted by Crippen LogP contribution is 2.47. The molecule has 0 aliphatic heterocycles. The Morgan fingerprint density at radius 2 is 1.75 bits per heavy atom. The van der Waals surface area contributed by atoms with Crippen LogP contribution in [-0.4, -0.2) is 12.9 Å². The molecule has 0 N–H and O–H groups in total. The Balaban J connectivity index is 2.14. The van der Waals surface area contributed by atoms with Crippen LogP contribution in [0.3, 0.4) is 0 Å². The van der Waals surface area contributed by atoms with Crippen LogP contribution in [-0.2, 0) is 0 Å². The molecule has 2 nitrogen and oxygen atoms in total. The Morgan fingerprint density at radius 1 is 1.08 bits per heavy atom. The van der Waals surface area contributed by atoms with E-state index in [4.69, 9.17) is 4.74 Å². The molecule has 0 radical (unpaired) electrons. The van der Waals surface area contributed by atoms with Crippen LogP contribution in [0.4, 0.5) is 0 Å². The SMILES string of the molecule is COc1ccc([C@H]2c3c(C)cc(C)cc3C(=O)[C@@H]2CC(C)C)cc1. The van der Waals surface area contributed by atoms with E-state index < -0.39 is 0 Å². The Bertz CT molecular complexity index is 756. The van der Waals surface area contributed by atoms with Crippen molar-refractivity contribution in [3.63, 3.8) is 0 Å². The van der Waals surface area contributed by atoms with Gasteiger partial charge in [0.15, 0.2) is 5.78 Å². The molecule has 0 saturated heterocycles. The lowest BCUT2D eigenvalue weighted by Crippen LogP contribution is -2.17. The molecule has 126 valence electrons. The summed E-state index contributed by atoms with van der Waals surface area (Å²) in [5.74, 6) is 1.85. The molecule has 2 atom stereocenters. The number of benzene rings is 2. The van der Waals surface area contributed by atoms with E-state index in [1.54, 1.807) is 7.11 Å². The topological polar surface area (TPSA) is 26.3 Å². The van der Waals surface area contributed by atoms with E-state index in [0.29, 0.717) is 11.7 Å². The third-order valence-corrected chi connectivity index (χ3v) is 5.05. The summed E-state index contributed by atoms with van der Waals surface area (Å²) in [6.07, 6.45) is 0.919. The largest absolute Gasteiger partial charge is 0.497 e. The molecular weight excluding hydrogens is 296 g/mol. The fourth-order valence-corrected chi connectivity index (χ4v) is 4.11. The molecule has 0 aromatic heterocycles. The molecule has 0 unspecified atom stereocenters. The van der Waals surface area contributed by atoms with Gasteiger partial charge in [0, 0.05) is 17.4 Å². The van der Waals surface area contributed by atoms with Crippen molar-refractivity contribution in [3.05, 3.63) is 64.2 Å². The smallest absolute Gasteiger partial charge is 0.167 e. The van der Waals surface area contributed by atoms with E-state index in [-0.39, 0.29) is 11.8 Å². The first-order valence-electron chi connectivity index (χ1n) is 8.71. The van der Waals surface area contributed by atoms with Gasteiger partial charge in [0.2, 0.25) is 0 Å². The van der Waals surface area contributed by atoms with Gasteiger partial charge < -0.3 is 4.74 Å². The summed E-state index contributed by atoms with van der Waals surface area (Å²) in [6.45, 7) is 8.59. The van der Waals surface area contributed by atoms with Crippen LogP contribution < -0.4 is 4.74 Å². The highest BCUT2D eigenvalue weighted by molar-refractivity contribution is 6.04. The zero-order valence-corrected chi connectivity index (χ0v) is 15.2. The molecule has 0 saturated carbocycles. The molecule has 2 aromatic rings. The van der Waals surface area contributed by atoms with Crippen LogP contribution in [0.5, 0.6) is 5.75 Å². The predicted molar refractivity (Wildman–Crippen MR) is 98.0 cm³/mol. The van der Waals surface area contributed by atoms with Crippen molar-refractivity contribution >= 4 is 5.78 Å². The van der Waals surface area contributed by atoms with E-state index in [0.717, 1.165) is 17.7 Å². The molecule has 1 aliphatic carbocycles. The summed E-state index contributed by atoms with van der Waals surface area (Å²) in [7, 11) is 1.68. The lowest BCUT2D eigenvalue weighted by molar-refractivity contribution is 0.0913. The molecular formula is C22H26O2. The van der Waals surface area contributed by atoms with Crippen molar-refractivity contribution < 1.29 is 9.53 Å². The molecule has 3 rings (SSSR count). The highest BCUT2D eigenvalue weighted by atomic mass is 16.5. The summed E-state index contributed by atoms with van der Waals surface area (Å²) >= 11 is 0. The zero-order valence-electron chi connectivity index (χ0n) is 15.2. The average Bonchev–Trinajstić information content (AvgIpc) is 2.80. The number of hydrogen-bond donors (Lipinski definition) is 0. The van der Waals surface area contributed by atoms with Crippen molar-refractivity contribution in [2.24, 2.45) is 11.8 Å². The summed E-state index contributed by atoms with van der Waals surface area (Å²) in [5.41, 5.74) is 5.75. The highest BCUT2D eigenvalue weighted by Gasteiger charge is 2.41. The number of fused-ring (bicyclic) bond motifs is 1. The lowest BCUT2D eigenvalue weighted by Gasteiger charge is -2.23. The third-order valence-electron chi connectivity index (χ3n) is 5.05. The maximum Gasteiger partial charge on any atom is 0.167 e. The number of methoxy groups -OCH3 is 1. The van der Waals surface area contributed by atoms with Crippen molar-refractivity contribution in [3.8, 4) is 5.75 Å². The minimum absolute atomic E-state index is 0.0360. The second-order valence-electron chi connectivity index (χ2n) is 7.39. The molecule has 0 fully saturated rings. The van der Waals surface area contributed by atoms with Crippen molar-refractivity contribution in [2.45, 2.75) is 40.0 Å². The van der Waals surface area contributed by atoms with E-state index in [2.05, 4.69) is 52.0 Å². The second kappa shape index (κ2) is 6.43. The maximum absolute atomic E-state index is 13.1. The van der Waals surface area contributed by atoms with Gasteiger partial charge >= 0.3 is 0 Å². The number of rotatable bonds is 4. The molecule has 2 heteroatoms. The van der Waals surface area contributed by atoms with Crippen LogP contribution in [0.25, 0.3) is 0 Å². The van der Waals surface area contributed by atoms with Crippen LogP contribution in [0.1, 0.15) is 58.8 Å². The minimum Gasteiger partial charge on any atom is -0.497 e. The Morgan fingerprint density at radius 3 is 2.33 bits per heavy atom. The number of hydrogen-bond acceptors (Lipinski definition) is 2. The van der Waals surface area contributed by atoms with E-state index >= 15 is 0 Å². The number of ketones is 1. The number of Topliss-reactive ketones (excluding diaryl/α,β-unsaturated/α-hetero) is 1. The van der Waals surface area contributed by atoms with Crippen LogP contribution in [0.15, 0.2) is 36.4 Å². The van der Waals surface area contributed by atoms with Crippen LogP contribution in [0.2, 0.25) is 0 Å². The first-order chi connectivity index (χ1) is 11.4. The van der Waals surface area contributed by atoms with Crippen molar-refractivity contribution in [1.29, 1.82) is 0 Å². The predicted octanol–water partition coefficient (Wildman–Crippen LogP) is 5.30. The van der Waals surface area contributed by atoms with Gasteiger partial charge in [-0.1, -0.05) is 37.6 Å². The molecule has 24 heavy (non-hydrogen) atoms. The monoisotopic (exact) mass is 322 g/mol. The number of aryl methyl sites for hydroxylation is 2. The third kappa shape index (κ3) is 2.86. The van der Waals surface area contributed by atoms with Gasteiger partial charge in [-0.05, 0) is 61.1 Å². The summed E-state index contributed by atoms with van der Waals surface area (Å²) < 4.78 is 5.29. The number of carbonyl (C=O) groups excluding carboxylic acids is 1. The molecule has 0 amide bonds. The van der Waals surface area contributed by atoms with E-state index in [1.165, 1.54) is 22.3 Å². The van der Waals surface area contributed by atoms with E-state index in [1.807, 2.05) is 12.1 Å². The Labute approximate surface area is 144 Å². The van der Waals surface area contributed by atoms with Gasteiger partial charge in [0.25, 0.3) is 0 Å². The van der Waals surface area contributed by atoms with Crippen molar-refractivity contribution in [1.82, 2.24) is 0 Å². The standard InChI is InChI=1S/C22H26O2/c1-13(2)10-18-21(16-6-8-17(24-5)9-7-16)20-15(4)11-14(3)12-19(20)22(18)23/h6-9,11-13,18,21H,10H2,1-5H3/t18-,21-/m1/s1. The normalized spacial score (nSPS) is 19.7. The summed E-state index contributed by atoms with van der Waals surface area (Å²) in [5, 5.41) is 0. The summed E-state index contributed by atoms with van der Waals surface area (Å²) in [4.78, 5) is 13.1. The van der Waals surface area contributed by atoms with Crippen molar-refractivity contribution in [2.75, 3.05) is 7.11 Å². The van der Waals surface area contributed by atoms with E-state index in [9.17, 15) is 4.79 Å². The zero-order chi connectivity index (χ0) is 17.4. The average molecular weight is 322 g/mol. The maximum atomic E-state index is 13.1. The second-order valence-corrected chi connectivity index (χ2v) is 7.39. The van der Waals surface area contributed by atoms with Crippen LogP contribution in [0, 0.1) is 25.7 Å². The molecule has 2 aromatic carbocycles. The fraction of sp³-hybridized carbons (Fsp3) is 0.409.